The molecule has 0 saturated carbocycles. The van der Waals surface area contributed by atoms with Crippen molar-refractivity contribution in [1.82, 2.24) is 4.90 Å². The molecule has 0 spiro atoms. The molecule has 1 fully saturated rings. The van der Waals surface area contributed by atoms with Crippen LogP contribution in [-0.2, 0) is 9.53 Å². The van der Waals surface area contributed by atoms with Crippen LogP contribution in [0.3, 0.4) is 0 Å². The summed E-state index contributed by atoms with van der Waals surface area (Å²) in [5.74, 6) is -0.207. The van der Waals surface area contributed by atoms with E-state index in [1.54, 1.807) is 18.2 Å². The monoisotopic (exact) mass is 352 g/mol. The van der Waals surface area contributed by atoms with Crippen molar-refractivity contribution in [3.8, 4) is 0 Å². The van der Waals surface area contributed by atoms with Crippen LogP contribution in [0.15, 0.2) is 48.5 Å². The van der Waals surface area contributed by atoms with Crippen LogP contribution < -0.4 is 5.32 Å². The number of rotatable bonds is 5. The molecule has 0 aromatic heterocycles. The number of amides is 1. The van der Waals surface area contributed by atoms with Gasteiger partial charge in [0.1, 0.15) is 0 Å². The number of nitrogens with zero attached hydrogens (tertiary/aromatic N) is 1. The molecule has 1 aliphatic rings. The zero-order chi connectivity index (χ0) is 18.5. The van der Waals surface area contributed by atoms with Crippen molar-refractivity contribution < 1.29 is 14.3 Å². The molecule has 1 aliphatic heterocycles. The van der Waals surface area contributed by atoms with E-state index >= 15 is 0 Å². The third kappa shape index (κ3) is 4.18. The number of carbonyl (C=O) groups is 2. The third-order valence-electron chi connectivity index (χ3n) is 4.69. The van der Waals surface area contributed by atoms with Gasteiger partial charge in [0.15, 0.2) is 5.78 Å². The Labute approximate surface area is 154 Å². The van der Waals surface area contributed by atoms with E-state index in [9.17, 15) is 9.59 Å². The SMILES string of the molecule is Cc1ccc(NC(=O)[C@H](C)N2CCOCC2)c(C(=O)c2ccccc2)c1. The summed E-state index contributed by atoms with van der Waals surface area (Å²) in [4.78, 5) is 27.7. The summed E-state index contributed by atoms with van der Waals surface area (Å²) in [6.07, 6.45) is 0. The van der Waals surface area contributed by atoms with Crippen LogP contribution in [0.2, 0.25) is 0 Å². The normalized spacial score (nSPS) is 16.1. The summed E-state index contributed by atoms with van der Waals surface area (Å²) in [5, 5.41) is 2.94. The summed E-state index contributed by atoms with van der Waals surface area (Å²) in [7, 11) is 0. The Balaban J connectivity index is 1.81. The maximum Gasteiger partial charge on any atom is 0.241 e. The summed E-state index contributed by atoms with van der Waals surface area (Å²) >= 11 is 0. The zero-order valence-corrected chi connectivity index (χ0v) is 15.2. The number of hydrogen-bond acceptors (Lipinski definition) is 4. The van der Waals surface area contributed by atoms with Crippen LogP contribution in [0.4, 0.5) is 5.69 Å². The molecule has 5 heteroatoms. The lowest BCUT2D eigenvalue weighted by molar-refractivity contribution is -0.122. The van der Waals surface area contributed by atoms with Gasteiger partial charge < -0.3 is 10.1 Å². The third-order valence-corrected chi connectivity index (χ3v) is 4.69. The maximum atomic E-state index is 12.9. The predicted molar refractivity (Wildman–Crippen MR) is 102 cm³/mol. The molecule has 5 nitrogen and oxygen atoms in total. The van der Waals surface area contributed by atoms with Crippen molar-refractivity contribution in [2.24, 2.45) is 0 Å². The fourth-order valence-electron chi connectivity index (χ4n) is 3.07. The lowest BCUT2D eigenvalue weighted by atomic mass is 9.99. The molecular weight excluding hydrogens is 328 g/mol. The molecule has 136 valence electrons. The Morgan fingerprint density at radius 3 is 2.46 bits per heavy atom. The highest BCUT2D eigenvalue weighted by Gasteiger charge is 2.24. The lowest BCUT2D eigenvalue weighted by Gasteiger charge is -2.31. The first kappa shape index (κ1) is 18.3. The number of benzene rings is 2. The van der Waals surface area contributed by atoms with Crippen molar-refractivity contribution >= 4 is 17.4 Å². The van der Waals surface area contributed by atoms with E-state index in [1.807, 2.05) is 44.2 Å². The van der Waals surface area contributed by atoms with Crippen LogP contribution in [0.25, 0.3) is 0 Å². The molecule has 2 aromatic rings. The second-order valence-corrected chi connectivity index (χ2v) is 6.56. The van der Waals surface area contributed by atoms with Crippen LogP contribution in [0, 0.1) is 6.92 Å². The minimum absolute atomic E-state index is 0.0939. The molecule has 1 saturated heterocycles. The van der Waals surface area contributed by atoms with Gasteiger partial charge in [0.2, 0.25) is 5.91 Å². The Morgan fingerprint density at radius 1 is 1.08 bits per heavy atom. The van der Waals surface area contributed by atoms with E-state index < -0.39 is 0 Å². The van der Waals surface area contributed by atoms with Gasteiger partial charge in [-0.1, -0.05) is 42.0 Å². The summed E-state index contributed by atoms with van der Waals surface area (Å²) in [6, 6.07) is 14.4. The molecule has 2 aromatic carbocycles. The highest BCUT2D eigenvalue weighted by molar-refractivity contribution is 6.14. The summed E-state index contributed by atoms with van der Waals surface area (Å²) in [5.41, 5.74) is 2.65. The van der Waals surface area contributed by atoms with Gasteiger partial charge in [-0.25, -0.2) is 0 Å². The number of ketones is 1. The van der Waals surface area contributed by atoms with Crippen LogP contribution in [0.1, 0.15) is 28.4 Å². The number of ether oxygens (including phenoxy) is 1. The number of aryl methyl sites for hydroxylation is 1. The molecule has 0 bridgehead atoms. The molecular formula is C21H24N2O3. The molecule has 3 rings (SSSR count). The molecule has 1 N–H and O–H groups in total. The molecule has 0 aliphatic carbocycles. The van der Waals surface area contributed by atoms with Crippen molar-refractivity contribution in [3.05, 3.63) is 65.2 Å². The fourth-order valence-corrected chi connectivity index (χ4v) is 3.07. The average Bonchev–Trinajstić information content (AvgIpc) is 2.69. The van der Waals surface area contributed by atoms with Crippen LogP contribution >= 0.6 is 0 Å². The van der Waals surface area contributed by atoms with Gasteiger partial charge in [-0.2, -0.15) is 0 Å². The molecule has 26 heavy (non-hydrogen) atoms. The van der Waals surface area contributed by atoms with E-state index in [1.165, 1.54) is 0 Å². The minimum atomic E-state index is -0.278. The fraction of sp³-hybridized carbons (Fsp3) is 0.333. The Bertz CT molecular complexity index is 783. The summed E-state index contributed by atoms with van der Waals surface area (Å²) < 4.78 is 5.34. The number of anilines is 1. The van der Waals surface area contributed by atoms with Crippen molar-refractivity contribution in [2.45, 2.75) is 19.9 Å². The standard InChI is InChI=1S/C21H24N2O3/c1-15-8-9-19(18(14-15)20(24)17-6-4-3-5-7-17)22-21(25)16(2)23-10-12-26-13-11-23/h3-9,14,16H,10-13H2,1-2H3,(H,22,25)/t16-/m0/s1. The number of carbonyl (C=O) groups excluding carboxylic acids is 2. The van der Waals surface area contributed by atoms with E-state index in [0.717, 1.165) is 18.7 Å². The first-order chi connectivity index (χ1) is 12.6. The second kappa shape index (κ2) is 8.25. The van der Waals surface area contributed by atoms with Gasteiger partial charge in [0.25, 0.3) is 0 Å². The van der Waals surface area contributed by atoms with E-state index in [0.29, 0.717) is 30.0 Å². The van der Waals surface area contributed by atoms with Crippen LogP contribution in [0.5, 0.6) is 0 Å². The minimum Gasteiger partial charge on any atom is -0.379 e. The quantitative estimate of drug-likeness (QED) is 0.841. The zero-order valence-electron chi connectivity index (χ0n) is 15.2. The second-order valence-electron chi connectivity index (χ2n) is 6.56. The highest BCUT2D eigenvalue weighted by atomic mass is 16.5. The number of hydrogen-bond donors (Lipinski definition) is 1. The molecule has 0 radical (unpaired) electrons. The predicted octanol–water partition coefficient (Wildman–Crippen LogP) is 2.89. The van der Waals surface area contributed by atoms with E-state index in [-0.39, 0.29) is 17.7 Å². The van der Waals surface area contributed by atoms with Gasteiger partial charge in [-0.3, -0.25) is 14.5 Å². The van der Waals surface area contributed by atoms with E-state index in [4.69, 9.17) is 4.74 Å². The van der Waals surface area contributed by atoms with Crippen molar-refractivity contribution in [3.63, 3.8) is 0 Å². The maximum absolute atomic E-state index is 12.9. The molecule has 0 unspecified atom stereocenters. The Hall–Kier alpha value is -2.50. The van der Waals surface area contributed by atoms with Gasteiger partial charge in [0, 0.05) is 24.2 Å². The van der Waals surface area contributed by atoms with Crippen molar-refractivity contribution in [1.29, 1.82) is 0 Å². The van der Waals surface area contributed by atoms with Gasteiger partial charge >= 0.3 is 0 Å². The average molecular weight is 352 g/mol. The molecule has 1 atom stereocenters. The lowest BCUT2D eigenvalue weighted by Crippen LogP contribution is -2.47. The smallest absolute Gasteiger partial charge is 0.241 e. The van der Waals surface area contributed by atoms with Gasteiger partial charge in [0.05, 0.1) is 24.9 Å². The highest BCUT2D eigenvalue weighted by Crippen LogP contribution is 2.22. The topological polar surface area (TPSA) is 58.6 Å². The Kier molecular flexibility index (Phi) is 5.81. The number of nitrogens with one attached hydrogen (secondary N) is 1. The molecule has 1 heterocycles. The first-order valence-electron chi connectivity index (χ1n) is 8.89. The van der Waals surface area contributed by atoms with Crippen molar-refractivity contribution in [2.75, 3.05) is 31.6 Å². The van der Waals surface area contributed by atoms with E-state index in [2.05, 4.69) is 10.2 Å². The number of morpholine rings is 1. The largest absolute Gasteiger partial charge is 0.379 e. The summed E-state index contributed by atoms with van der Waals surface area (Å²) in [6.45, 7) is 6.56. The molecule has 1 amide bonds. The van der Waals surface area contributed by atoms with Gasteiger partial charge in [-0.05, 0) is 26.0 Å². The van der Waals surface area contributed by atoms with Gasteiger partial charge in [-0.15, -0.1) is 0 Å². The first-order valence-corrected chi connectivity index (χ1v) is 8.89. The Morgan fingerprint density at radius 2 is 1.77 bits per heavy atom. The van der Waals surface area contributed by atoms with Crippen LogP contribution in [-0.4, -0.2) is 48.9 Å².